The van der Waals surface area contributed by atoms with Crippen LogP contribution >= 0.6 is 11.6 Å². The minimum Gasteiger partial charge on any atom is -0.395 e. The summed E-state index contributed by atoms with van der Waals surface area (Å²) in [5.41, 5.74) is 0.455. The topological polar surface area (TPSA) is 79.5 Å². The lowest BCUT2D eigenvalue weighted by Gasteiger charge is -2.26. The van der Waals surface area contributed by atoms with Gasteiger partial charge in [-0.2, -0.15) is 0 Å². The van der Waals surface area contributed by atoms with Crippen LogP contribution in [0.3, 0.4) is 0 Å². The van der Waals surface area contributed by atoms with Crippen molar-refractivity contribution >= 4 is 17.4 Å². The molecule has 0 fully saturated rings. The van der Waals surface area contributed by atoms with Crippen LogP contribution in [0.15, 0.2) is 39.9 Å². The molecule has 7 nitrogen and oxygen atoms in total. The maximum Gasteiger partial charge on any atom is 0.332 e. The molecule has 1 aromatic heterocycles. The third kappa shape index (κ3) is 5.20. The van der Waals surface area contributed by atoms with Crippen molar-refractivity contribution in [2.45, 2.75) is 6.42 Å². The number of aliphatic hydroxyl groups is 1. The zero-order valence-electron chi connectivity index (χ0n) is 15.1. The van der Waals surface area contributed by atoms with Crippen LogP contribution < -0.4 is 21.5 Å². The first-order chi connectivity index (χ1) is 12.4. The summed E-state index contributed by atoms with van der Waals surface area (Å²) in [7, 11) is 3.07. The largest absolute Gasteiger partial charge is 0.395 e. The molecule has 8 heteroatoms. The SMILES string of the molecule is Cn1c(N(CCO)CCNCCc2ccc(Cl)cc2)cc(=O)n(C)c1=O. The van der Waals surface area contributed by atoms with Gasteiger partial charge in [0.25, 0.3) is 5.56 Å². The second-order valence-corrected chi connectivity index (χ2v) is 6.51. The van der Waals surface area contributed by atoms with Gasteiger partial charge in [0, 0.05) is 44.8 Å². The Bertz CT molecular complexity index is 830. The van der Waals surface area contributed by atoms with E-state index in [0.29, 0.717) is 25.5 Å². The number of benzene rings is 1. The lowest BCUT2D eigenvalue weighted by molar-refractivity contribution is 0.301. The van der Waals surface area contributed by atoms with Crippen molar-refractivity contribution in [3.8, 4) is 0 Å². The van der Waals surface area contributed by atoms with Crippen molar-refractivity contribution in [2.75, 3.05) is 37.7 Å². The Kier molecular flexibility index (Phi) is 7.44. The summed E-state index contributed by atoms with van der Waals surface area (Å²) in [5.74, 6) is 0.506. The molecule has 2 rings (SSSR count). The van der Waals surface area contributed by atoms with E-state index in [2.05, 4.69) is 5.32 Å². The summed E-state index contributed by atoms with van der Waals surface area (Å²) < 4.78 is 2.48. The highest BCUT2D eigenvalue weighted by Crippen LogP contribution is 2.10. The van der Waals surface area contributed by atoms with Crippen molar-refractivity contribution in [1.29, 1.82) is 0 Å². The predicted molar refractivity (Wildman–Crippen MR) is 104 cm³/mol. The molecule has 0 aliphatic carbocycles. The molecule has 0 aliphatic rings. The molecule has 142 valence electrons. The van der Waals surface area contributed by atoms with Gasteiger partial charge in [-0.1, -0.05) is 23.7 Å². The fourth-order valence-electron chi connectivity index (χ4n) is 2.71. The van der Waals surface area contributed by atoms with Crippen molar-refractivity contribution in [3.63, 3.8) is 0 Å². The number of hydrogen-bond acceptors (Lipinski definition) is 5. The maximum absolute atomic E-state index is 12.1. The van der Waals surface area contributed by atoms with Crippen molar-refractivity contribution < 1.29 is 5.11 Å². The van der Waals surface area contributed by atoms with Gasteiger partial charge in [0.15, 0.2) is 0 Å². The van der Waals surface area contributed by atoms with Gasteiger partial charge in [0.1, 0.15) is 5.82 Å². The monoisotopic (exact) mass is 380 g/mol. The van der Waals surface area contributed by atoms with Gasteiger partial charge >= 0.3 is 5.69 Å². The standard InChI is InChI=1S/C18H25ClN4O3/c1-21-16(13-17(25)22(2)18(21)26)23(11-12-24)10-9-20-8-7-14-3-5-15(19)6-4-14/h3-6,13,20,24H,7-12H2,1-2H3. The quantitative estimate of drug-likeness (QED) is 0.614. The third-order valence-electron chi connectivity index (χ3n) is 4.26. The molecule has 0 radical (unpaired) electrons. The van der Waals surface area contributed by atoms with E-state index < -0.39 is 0 Å². The normalized spacial score (nSPS) is 10.9. The van der Waals surface area contributed by atoms with Crippen molar-refractivity contribution in [3.05, 3.63) is 61.8 Å². The first kappa shape index (κ1) is 20.2. The molecule has 1 heterocycles. The average molecular weight is 381 g/mol. The first-order valence-electron chi connectivity index (χ1n) is 8.52. The van der Waals surface area contributed by atoms with E-state index in [4.69, 9.17) is 11.6 Å². The van der Waals surface area contributed by atoms with Crippen molar-refractivity contribution in [1.82, 2.24) is 14.5 Å². The fourth-order valence-corrected chi connectivity index (χ4v) is 2.84. The molecule has 0 aliphatic heterocycles. The number of nitrogens with zero attached hydrogens (tertiary/aromatic N) is 3. The highest BCUT2D eigenvalue weighted by Gasteiger charge is 2.12. The molecule has 2 N–H and O–H groups in total. The van der Waals surface area contributed by atoms with E-state index in [1.807, 2.05) is 29.2 Å². The molecular weight excluding hydrogens is 356 g/mol. The summed E-state index contributed by atoms with van der Waals surface area (Å²) in [6, 6.07) is 9.16. The van der Waals surface area contributed by atoms with E-state index in [1.165, 1.54) is 23.2 Å². The smallest absolute Gasteiger partial charge is 0.332 e. The van der Waals surface area contributed by atoms with Crippen LogP contribution in [0.4, 0.5) is 5.82 Å². The summed E-state index contributed by atoms with van der Waals surface area (Å²) in [6.07, 6.45) is 0.877. The molecule has 0 saturated heterocycles. The number of hydrogen-bond donors (Lipinski definition) is 2. The number of rotatable bonds is 9. The lowest BCUT2D eigenvalue weighted by atomic mass is 10.1. The van der Waals surface area contributed by atoms with Gasteiger partial charge in [0.05, 0.1) is 6.61 Å². The lowest BCUT2D eigenvalue weighted by Crippen LogP contribution is -2.43. The summed E-state index contributed by atoms with van der Waals surface area (Å²) in [5, 5.41) is 13.4. The molecule has 0 bridgehead atoms. The van der Waals surface area contributed by atoms with E-state index >= 15 is 0 Å². The molecule has 0 unspecified atom stereocenters. The van der Waals surface area contributed by atoms with Gasteiger partial charge in [-0.25, -0.2) is 4.79 Å². The van der Waals surface area contributed by atoms with Crippen LogP contribution in [0.2, 0.25) is 5.02 Å². The van der Waals surface area contributed by atoms with E-state index in [-0.39, 0.29) is 17.9 Å². The Morgan fingerprint density at radius 3 is 2.42 bits per heavy atom. The van der Waals surface area contributed by atoms with Gasteiger partial charge in [0.2, 0.25) is 0 Å². The van der Waals surface area contributed by atoms with Crippen molar-refractivity contribution in [2.24, 2.45) is 14.1 Å². The molecule has 2 aromatic rings. The molecule has 26 heavy (non-hydrogen) atoms. The summed E-state index contributed by atoms with van der Waals surface area (Å²) in [6.45, 7) is 2.32. The number of halogens is 1. The highest BCUT2D eigenvalue weighted by atomic mass is 35.5. The summed E-state index contributed by atoms with van der Waals surface area (Å²) in [4.78, 5) is 25.8. The molecule has 0 amide bonds. The molecular formula is C18H25ClN4O3. The Balaban J connectivity index is 1.93. The fraction of sp³-hybridized carbons (Fsp3) is 0.444. The van der Waals surface area contributed by atoms with E-state index in [0.717, 1.165) is 22.6 Å². The number of aromatic nitrogens is 2. The van der Waals surface area contributed by atoms with Crippen LogP contribution in [0.25, 0.3) is 0 Å². The third-order valence-corrected chi connectivity index (χ3v) is 4.51. The molecule has 0 saturated carbocycles. The second-order valence-electron chi connectivity index (χ2n) is 6.08. The van der Waals surface area contributed by atoms with Gasteiger partial charge in [-0.05, 0) is 30.7 Å². The Morgan fingerprint density at radius 1 is 1.08 bits per heavy atom. The molecule has 0 atom stereocenters. The highest BCUT2D eigenvalue weighted by molar-refractivity contribution is 6.30. The summed E-state index contributed by atoms with van der Waals surface area (Å²) >= 11 is 5.87. The zero-order chi connectivity index (χ0) is 19.1. The van der Waals surface area contributed by atoms with Crippen LogP contribution in [-0.4, -0.2) is 47.0 Å². The van der Waals surface area contributed by atoms with Crippen LogP contribution in [0, 0.1) is 0 Å². The Morgan fingerprint density at radius 2 is 1.77 bits per heavy atom. The van der Waals surface area contributed by atoms with Crippen LogP contribution in [-0.2, 0) is 20.5 Å². The van der Waals surface area contributed by atoms with Crippen LogP contribution in [0.5, 0.6) is 0 Å². The van der Waals surface area contributed by atoms with Crippen LogP contribution in [0.1, 0.15) is 5.56 Å². The predicted octanol–water partition coefficient (Wildman–Crippen LogP) is 0.368. The minimum atomic E-state index is -0.383. The maximum atomic E-state index is 12.1. The average Bonchev–Trinajstić information content (AvgIpc) is 2.63. The Labute approximate surface area is 157 Å². The van der Waals surface area contributed by atoms with Gasteiger partial charge in [-0.15, -0.1) is 0 Å². The Hall–Kier alpha value is -2.09. The number of anilines is 1. The van der Waals surface area contributed by atoms with E-state index in [1.54, 1.807) is 7.05 Å². The number of nitrogens with one attached hydrogen (secondary N) is 1. The second kappa shape index (κ2) is 9.56. The van der Waals surface area contributed by atoms with E-state index in [9.17, 15) is 14.7 Å². The number of aliphatic hydroxyl groups excluding tert-OH is 1. The van der Waals surface area contributed by atoms with Gasteiger partial charge in [-0.3, -0.25) is 13.9 Å². The zero-order valence-corrected chi connectivity index (χ0v) is 15.9. The first-order valence-corrected chi connectivity index (χ1v) is 8.90. The minimum absolute atomic E-state index is 0.0613. The molecule has 0 spiro atoms. The molecule has 1 aromatic carbocycles. The van der Waals surface area contributed by atoms with Gasteiger partial charge < -0.3 is 15.3 Å².